The third-order valence-electron chi connectivity index (χ3n) is 3.58. The molecule has 92 valence electrons. The van der Waals surface area contributed by atoms with Crippen LogP contribution in [-0.4, -0.2) is 11.3 Å². The summed E-state index contributed by atoms with van der Waals surface area (Å²) in [7, 11) is 0. The number of nitrogens with two attached hydrogens (primary N) is 1. The Morgan fingerprint density at radius 1 is 1.47 bits per heavy atom. The topological polar surface area (TPSA) is 46.2 Å². The largest absolute Gasteiger partial charge is 0.375 e. The highest BCUT2D eigenvalue weighted by atomic mass is 16.3. The summed E-state index contributed by atoms with van der Waals surface area (Å²) in [4.78, 5) is 0. The van der Waals surface area contributed by atoms with E-state index in [0.29, 0.717) is 5.92 Å². The highest BCUT2D eigenvalue weighted by molar-refractivity contribution is 5.44. The normalized spacial score (nSPS) is 26.1. The Bertz CT molecular complexity index is 399. The fourth-order valence-electron chi connectivity index (χ4n) is 2.45. The van der Waals surface area contributed by atoms with Crippen molar-refractivity contribution in [2.75, 3.05) is 0 Å². The first-order valence-electron chi connectivity index (χ1n) is 6.42. The zero-order valence-corrected chi connectivity index (χ0v) is 10.4. The van der Waals surface area contributed by atoms with Gasteiger partial charge in [0.25, 0.3) is 0 Å². The van der Waals surface area contributed by atoms with E-state index in [1.54, 1.807) is 0 Å². The van der Waals surface area contributed by atoms with Gasteiger partial charge in [0.1, 0.15) is 6.23 Å². The molecule has 2 nitrogen and oxygen atoms in total. The minimum absolute atomic E-state index is 0.660. The van der Waals surface area contributed by atoms with Crippen LogP contribution in [0.3, 0.4) is 0 Å². The monoisotopic (exact) mass is 231 g/mol. The summed E-state index contributed by atoms with van der Waals surface area (Å²) < 4.78 is 0. The van der Waals surface area contributed by atoms with E-state index in [1.807, 2.05) is 6.08 Å². The summed E-state index contributed by atoms with van der Waals surface area (Å²) >= 11 is 0. The number of rotatable bonds is 3. The summed E-state index contributed by atoms with van der Waals surface area (Å²) in [6.07, 6.45) is 14.2. The molecular weight excluding hydrogens is 210 g/mol. The Morgan fingerprint density at radius 2 is 2.29 bits per heavy atom. The lowest BCUT2D eigenvalue weighted by Gasteiger charge is -2.22. The van der Waals surface area contributed by atoms with E-state index in [9.17, 15) is 5.11 Å². The molecule has 2 rings (SSSR count). The lowest BCUT2D eigenvalue weighted by Crippen LogP contribution is -2.22. The van der Waals surface area contributed by atoms with Crippen LogP contribution >= 0.6 is 0 Å². The van der Waals surface area contributed by atoms with Gasteiger partial charge >= 0.3 is 0 Å². The molecule has 0 heterocycles. The van der Waals surface area contributed by atoms with Crippen molar-refractivity contribution in [3.8, 4) is 0 Å². The van der Waals surface area contributed by atoms with Gasteiger partial charge in [-0.2, -0.15) is 0 Å². The second-order valence-electron chi connectivity index (χ2n) is 4.81. The van der Waals surface area contributed by atoms with Crippen LogP contribution in [0, 0.1) is 5.92 Å². The van der Waals surface area contributed by atoms with Crippen LogP contribution in [0.5, 0.6) is 0 Å². The summed E-state index contributed by atoms with van der Waals surface area (Å²) in [6, 6.07) is 0. The van der Waals surface area contributed by atoms with Crippen LogP contribution < -0.4 is 5.73 Å². The van der Waals surface area contributed by atoms with Gasteiger partial charge in [0.2, 0.25) is 0 Å². The molecule has 2 aliphatic rings. The maximum atomic E-state index is 9.42. The van der Waals surface area contributed by atoms with Crippen LogP contribution in [0.4, 0.5) is 0 Å². The Balaban J connectivity index is 2.16. The van der Waals surface area contributed by atoms with E-state index in [2.05, 4.69) is 31.2 Å². The molecule has 2 heteroatoms. The summed E-state index contributed by atoms with van der Waals surface area (Å²) in [5.41, 5.74) is 9.13. The minimum Gasteiger partial charge on any atom is -0.375 e. The van der Waals surface area contributed by atoms with E-state index in [4.69, 9.17) is 5.73 Å². The summed E-state index contributed by atoms with van der Waals surface area (Å²) in [6.45, 7) is 2.22. The fraction of sp³-hybridized carbons (Fsp3) is 0.467. The lowest BCUT2D eigenvalue weighted by atomic mass is 9.84. The third kappa shape index (κ3) is 2.96. The first-order chi connectivity index (χ1) is 8.20. The van der Waals surface area contributed by atoms with Gasteiger partial charge in [0, 0.05) is 0 Å². The number of aliphatic hydroxyl groups is 1. The van der Waals surface area contributed by atoms with Gasteiger partial charge in [-0.15, -0.1) is 0 Å². The molecule has 0 aromatic carbocycles. The lowest BCUT2D eigenvalue weighted by molar-refractivity contribution is 0.222. The number of hydrogen-bond acceptors (Lipinski definition) is 2. The van der Waals surface area contributed by atoms with Gasteiger partial charge in [-0.05, 0) is 48.3 Å². The zero-order valence-electron chi connectivity index (χ0n) is 10.4. The van der Waals surface area contributed by atoms with E-state index in [-0.39, 0.29) is 0 Å². The Kier molecular flexibility index (Phi) is 3.97. The van der Waals surface area contributed by atoms with E-state index < -0.39 is 6.23 Å². The predicted molar refractivity (Wildman–Crippen MR) is 71.2 cm³/mol. The van der Waals surface area contributed by atoms with Crippen LogP contribution in [-0.2, 0) is 0 Å². The number of aliphatic hydroxyl groups excluding tert-OH is 1. The van der Waals surface area contributed by atoms with Gasteiger partial charge < -0.3 is 10.8 Å². The maximum absolute atomic E-state index is 9.42. The average molecular weight is 231 g/mol. The van der Waals surface area contributed by atoms with E-state index in [0.717, 1.165) is 24.8 Å². The molecule has 0 bridgehead atoms. The highest BCUT2D eigenvalue weighted by Gasteiger charge is 2.16. The molecule has 0 aliphatic heterocycles. The van der Waals surface area contributed by atoms with Crippen molar-refractivity contribution in [2.45, 2.75) is 38.8 Å². The molecule has 0 aromatic rings. The summed E-state index contributed by atoms with van der Waals surface area (Å²) in [5, 5.41) is 9.42. The fourth-order valence-corrected chi connectivity index (χ4v) is 2.45. The molecule has 0 saturated carbocycles. The quantitative estimate of drug-likeness (QED) is 0.734. The molecule has 0 saturated heterocycles. The van der Waals surface area contributed by atoms with E-state index >= 15 is 0 Å². The van der Waals surface area contributed by atoms with Gasteiger partial charge in [-0.1, -0.05) is 37.3 Å². The first-order valence-corrected chi connectivity index (χ1v) is 6.42. The van der Waals surface area contributed by atoms with Crippen LogP contribution in [0.25, 0.3) is 0 Å². The van der Waals surface area contributed by atoms with Crippen LogP contribution in [0.1, 0.15) is 32.6 Å². The van der Waals surface area contributed by atoms with Gasteiger partial charge in [-0.3, -0.25) is 0 Å². The molecule has 2 atom stereocenters. The van der Waals surface area contributed by atoms with Crippen LogP contribution in [0.2, 0.25) is 0 Å². The molecule has 0 aromatic heterocycles. The Morgan fingerprint density at radius 3 is 3.00 bits per heavy atom. The van der Waals surface area contributed by atoms with Crippen molar-refractivity contribution in [2.24, 2.45) is 11.7 Å². The van der Waals surface area contributed by atoms with Gasteiger partial charge in [0.15, 0.2) is 0 Å². The Labute approximate surface area is 103 Å². The predicted octanol–water partition coefficient (Wildman–Crippen LogP) is 2.82. The molecule has 0 radical (unpaired) electrons. The van der Waals surface area contributed by atoms with Gasteiger partial charge in [0.05, 0.1) is 0 Å². The zero-order chi connectivity index (χ0) is 12.3. The average Bonchev–Trinajstić information content (AvgIpc) is 2.39. The van der Waals surface area contributed by atoms with E-state index in [1.165, 1.54) is 17.6 Å². The Hall–Kier alpha value is -1.12. The molecular formula is C15H21NO. The molecule has 3 N–H and O–H groups in total. The number of allylic oxidation sites excluding steroid dienone is 6. The molecule has 2 aliphatic carbocycles. The molecule has 17 heavy (non-hydrogen) atoms. The maximum Gasteiger partial charge on any atom is 0.128 e. The molecule has 2 unspecified atom stereocenters. The molecule has 0 spiro atoms. The molecule has 0 fully saturated rings. The smallest absolute Gasteiger partial charge is 0.128 e. The standard InChI is InChI=1S/C15H21NO/c1-2-11-5-3-6-12(9-11)13-7-4-8-14(10-13)15(16)17/h3,5-6,8,10-11,15,17H,2,4,7,9,16H2,1H3. The van der Waals surface area contributed by atoms with Crippen LogP contribution in [0.15, 0.2) is 47.1 Å². The second-order valence-corrected chi connectivity index (χ2v) is 4.81. The van der Waals surface area contributed by atoms with Crippen molar-refractivity contribution in [3.05, 3.63) is 47.1 Å². The van der Waals surface area contributed by atoms with Crippen molar-refractivity contribution in [3.63, 3.8) is 0 Å². The van der Waals surface area contributed by atoms with Crippen molar-refractivity contribution in [1.82, 2.24) is 0 Å². The summed E-state index contributed by atoms with van der Waals surface area (Å²) in [5.74, 6) is 0.660. The van der Waals surface area contributed by atoms with Gasteiger partial charge in [-0.25, -0.2) is 0 Å². The molecule has 0 amide bonds. The highest BCUT2D eigenvalue weighted by Crippen LogP contribution is 2.31. The second kappa shape index (κ2) is 5.48. The SMILES string of the molecule is CCC1C=CC=C(C2=CC(C(N)O)=CCC2)C1. The minimum atomic E-state index is -0.841. The third-order valence-corrected chi connectivity index (χ3v) is 3.58. The van der Waals surface area contributed by atoms with Crippen molar-refractivity contribution >= 4 is 0 Å². The van der Waals surface area contributed by atoms with Crippen molar-refractivity contribution in [1.29, 1.82) is 0 Å². The van der Waals surface area contributed by atoms with Crippen molar-refractivity contribution < 1.29 is 5.11 Å². The number of hydrogen-bond donors (Lipinski definition) is 2. The first kappa shape index (κ1) is 12.3.